The largest absolute Gasteiger partial charge is 0.507 e. The highest BCUT2D eigenvalue weighted by Crippen LogP contribution is 2.37. The molecular weight excluding hydrogens is 354 g/mol. The second-order valence-corrected chi connectivity index (χ2v) is 5.81. The molecule has 0 aliphatic rings. The van der Waals surface area contributed by atoms with Crippen LogP contribution in [0.2, 0.25) is 0 Å². The topological polar surface area (TPSA) is 33.1 Å². The molecule has 0 fully saturated rings. The van der Waals surface area contributed by atoms with E-state index in [1.807, 2.05) is 18.2 Å². The van der Waals surface area contributed by atoms with Crippen molar-refractivity contribution in [2.75, 3.05) is 0 Å². The zero-order chi connectivity index (χ0) is 11.5. The fourth-order valence-electron chi connectivity index (χ4n) is 1.12. The normalized spacial score (nSPS) is 10.4. The molecule has 0 amide bonds. The average molecular weight is 361 g/mol. The van der Waals surface area contributed by atoms with Crippen LogP contribution in [0.3, 0.4) is 0 Å². The first-order valence-electron chi connectivity index (χ1n) is 4.44. The fraction of sp³-hybridized carbons (Fsp3) is 0. The molecule has 82 valence electrons. The second-order valence-electron chi connectivity index (χ2n) is 3.01. The summed E-state index contributed by atoms with van der Waals surface area (Å²) in [6, 6.07) is 9.12. The predicted octanol–water partition coefficient (Wildman–Crippen LogP) is 4.46. The minimum atomic E-state index is 0.268. The number of rotatable bonds is 2. The zero-order valence-corrected chi connectivity index (χ0v) is 12.0. The highest BCUT2D eigenvalue weighted by molar-refractivity contribution is 9.11. The average Bonchev–Trinajstić information content (AvgIpc) is 2.25. The molecule has 0 bridgehead atoms. The summed E-state index contributed by atoms with van der Waals surface area (Å²) in [5.41, 5.74) is 0. The Bertz CT molecular complexity index is 519. The van der Waals surface area contributed by atoms with Gasteiger partial charge in [0.25, 0.3) is 0 Å². The lowest BCUT2D eigenvalue weighted by Gasteiger charge is -2.05. The van der Waals surface area contributed by atoms with Gasteiger partial charge < -0.3 is 5.11 Å². The molecule has 0 unspecified atom stereocenters. The Morgan fingerprint density at radius 3 is 2.62 bits per heavy atom. The van der Waals surface area contributed by atoms with Crippen LogP contribution in [-0.4, -0.2) is 10.1 Å². The van der Waals surface area contributed by atoms with Gasteiger partial charge in [-0.15, -0.1) is 0 Å². The van der Waals surface area contributed by atoms with E-state index in [4.69, 9.17) is 0 Å². The first kappa shape index (κ1) is 12.0. The van der Waals surface area contributed by atoms with Crippen molar-refractivity contribution in [3.63, 3.8) is 0 Å². The van der Waals surface area contributed by atoms with Crippen molar-refractivity contribution in [1.82, 2.24) is 4.98 Å². The van der Waals surface area contributed by atoms with E-state index in [1.54, 1.807) is 18.3 Å². The summed E-state index contributed by atoms with van der Waals surface area (Å²) in [6.07, 6.45) is 1.73. The van der Waals surface area contributed by atoms with Crippen LogP contribution in [0.1, 0.15) is 0 Å². The van der Waals surface area contributed by atoms with Gasteiger partial charge in [0.1, 0.15) is 10.8 Å². The van der Waals surface area contributed by atoms with Crippen LogP contribution >= 0.6 is 43.6 Å². The van der Waals surface area contributed by atoms with Crippen molar-refractivity contribution in [2.45, 2.75) is 9.92 Å². The number of phenols is 1. The van der Waals surface area contributed by atoms with Gasteiger partial charge in [0, 0.05) is 10.7 Å². The molecule has 0 spiro atoms. The monoisotopic (exact) mass is 359 g/mol. The Morgan fingerprint density at radius 1 is 1.19 bits per heavy atom. The van der Waals surface area contributed by atoms with Crippen molar-refractivity contribution >= 4 is 43.6 Å². The Hall–Kier alpha value is -0.520. The molecule has 0 atom stereocenters. The molecular formula is C11H7Br2NOS. The Morgan fingerprint density at radius 2 is 1.94 bits per heavy atom. The van der Waals surface area contributed by atoms with E-state index in [9.17, 15) is 5.11 Å². The summed E-state index contributed by atoms with van der Waals surface area (Å²) in [5, 5.41) is 10.5. The number of hydrogen-bond acceptors (Lipinski definition) is 3. The summed E-state index contributed by atoms with van der Waals surface area (Å²) >= 11 is 8.20. The molecule has 0 aliphatic heterocycles. The van der Waals surface area contributed by atoms with Gasteiger partial charge in [-0.05, 0) is 50.1 Å². The number of aromatic hydroxyl groups is 1. The number of benzene rings is 1. The lowest BCUT2D eigenvalue weighted by atomic mass is 10.3. The number of hydrogen-bond donors (Lipinski definition) is 1. The van der Waals surface area contributed by atoms with Gasteiger partial charge in [0.15, 0.2) is 0 Å². The van der Waals surface area contributed by atoms with E-state index in [0.717, 1.165) is 18.9 Å². The van der Waals surface area contributed by atoms with E-state index in [1.165, 1.54) is 11.8 Å². The second kappa shape index (κ2) is 5.21. The van der Waals surface area contributed by atoms with Gasteiger partial charge >= 0.3 is 0 Å². The fourth-order valence-corrected chi connectivity index (χ4v) is 3.14. The highest BCUT2D eigenvalue weighted by Gasteiger charge is 2.07. The molecule has 1 aromatic heterocycles. The van der Waals surface area contributed by atoms with Crippen LogP contribution in [0.4, 0.5) is 0 Å². The van der Waals surface area contributed by atoms with Crippen LogP contribution in [0, 0.1) is 0 Å². The molecule has 2 nitrogen and oxygen atoms in total. The number of halogens is 2. The molecule has 0 radical (unpaired) electrons. The highest BCUT2D eigenvalue weighted by atomic mass is 79.9. The van der Waals surface area contributed by atoms with E-state index in [2.05, 4.69) is 36.8 Å². The number of nitrogens with zero attached hydrogens (tertiary/aromatic N) is 1. The molecule has 1 aromatic carbocycles. The Labute approximate surface area is 114 Å². The van der Waals surface area contributed by atoms with Crippen LogP contribution in [0.15, 0.2) is 55.4 Å². The SMILES string of the molecule is Oc1ccccc1Sc1ncc(Br)cc1Br. The maximum Gasteiger partial charge on any atom is 0.129 e. The molecule has 1 N–H and O–H groups in total. The van der Waals surface area contributed by atoms with Crippen molar-refractivity contribution in [3.05, 3.63) is 45.5 Å². The van der Waals surface area contributed by atoms with Crippen LogP contribution in [0.5, 0.6) is 5.75 Å². The summed E-state index contributed by atoms with van der Waals surface area (Å²) in [7, 11) is 0. The molecule has 16 heavy (non-hydrogen) atoms. The molecule has 0 saturated carbocycles. The number of para-hydroxylation sites is 1. The predicted molar refractivity (Wildman–Crippen MR) is 71.9 cm³/mol. The molecule has 2 rings (SSSR count). The zero-order valence-electron chi connectivity index (χ0n) is 8.02. The minimum absolute atomic E-state index is 0.268. The Balaban J connectivity index is 2.31. The lowest BCUT2D eigenvalue weighted by Crippen LogP contribution is -1.82. The quantitative estimate of drug-likeness (QED) is 0.857. The molecule has 1 heterocycles. The van der Waals surface area contributed by atoms with Crippen molar-refractivity contribution in [3.8, 4) is 5.75 Å². The number of aromatic nitrogens is 1. The van der Waals surface area contributed by atoms with Gasteiger partial charge in [0.05, 0.1) is 9.37 Å². The summed E-state index contributed by atoms with van der Waals surface area (Å²) < 4.78 is 1.82. The summed E-state index contributed by atoms with van der Waals surface area (Å²) in [4.78, 5) is 5.06. The third-order valence-corrected chi connectivity index (χ3v) is 4.23. The molecule has 5 heteroatoms. The van der Waals surface area contributed by atoms with Crippen molar-refractivity contribution in [2.24, 2.45) is 0 Å². The number of pyridine rings is 1. The van der Waals surface area contributed by atoms with Crippen molar-refractivity contribution in [1.29, 1.82) is 0 Å². The first-order valence-corrected chi connectivity index (χ1v) is 6.84. The van der Waals surface area contributed by atoms with Gasteiger partial charge in [-0.1, -0.05) is 23.9 Å². The smallest absolute Gasteiger partial charge is 0.129 e. The maximum absolute atomic E-state index is 9.64. The van der Waals surface area contributed by atoms with Gasteiger partial charge in [-0.2, -0.15) is 0 Å². The van der Waals surface area contributed by atoms with Gasteiger partial charge in [-0.25, -0.2) is 4.98 Å². The van der Waals surface area contributed by atoms with E-state index >= 15 is 0 Å². The third kappa shape index (κ3) is 2.78. The Kier molecular flexibility index (Phi) is 3.89. The van der Waals surface area contributed by atoms with Gasteiger partial charge in [0.2, 0.25) is 0 Å². The standard InChI is InChI=1S/C11H7Br2NOS/c12-7-5-8(13)11(14-6-7)16-10-4-2-1-3-9(10)15/h1-6,15H. The van der Waals surface area contributed by atoms with Crippen molar-refractivity contribution < 1.29 is 5.11 Å². The van der Waals surface area contributed by atoms with E-state index in [-0.39, 0.29) is 5.75 Å². The number of phenolic OH excluding ortho intramolecular Hbond substituents is 1. The van der Waals surface area contributed by atoms with Crippen LogP contribution in [0.25, 0.3) is 0 Å². The molecule has 0 aliphatic carbocycles. The van der Waals surface area contributed by atoms with E-state index < -0.39 is 0 Å². The molecule has 0 saturated heterocycles. The third-order valence-electron chi connectivity index (χ3n) is 1.85. The molecule has 2 aromatic rings. The van der Waals surface area contributed by atoms with E-state index in [0.29, 0.717) is 0 Å². The minimum Gasteiger partial charge on any atom is -0.507 e. The maximum atomic E-state index is 9.64. The first-order chi connectivity index (χ1) is 7.66. The lowest BCUT2D eigenvalue weighted by molar-refractivity contribution is 0.462. The van der Waals surface area contributed by atoms with Gasteiger partial charge in [-0.3, -0.25) is 0 Å². The summed E-state index contributed by atoms with van der Waals surface area (Å²) in [6.45, 7) is 0. The van der Waals surface area contributed by atoms with Crippen LogP contribution in [-0.2, 0) is 0 Å². The van der Waals surface area contributed by atoms with Crippen LogP contribution < -0.4 is 0 Å². The summed E-state index contributed by atoms with van der Waals surface area (Å²) in [5.74, 6) is 0.268.